The maximum Gasteiger partial charge on any atom is 0.408 e. The van der Waals surface area contributed by atoms with Crippen LogP contribution in [-0.4, -0.2) is 38.2 Å². The van der Waals surface area contributed by atoms with Crippen molar-refractivity contribution in [2.45, 2.75) is 51.4 Å². The molecule has 3 unspecified atom stereocenters. The minimum absolute atomic E-state index is 0.0856. The number of nitrogens with one attached hydrogen (secondary N) is 1. The molecule has 0 fully saturated rings. The first kappa shape index (κ1) is 28.3. The first-order chi connectivity index (χ1) is 16.8. The summed E-state index contributed by atoms with van der Waals surface area (Å²) in [6, 6.07) is 19.3. The molecule has 0 saturated carbocycles. The van der Waals surface area contributed by atoms with Crippen LogP contribution in [0.25, 0.3) is 0 Å². The van der Waals surface area contributed by atoms with Crippen LogP contribution in [-0.2, 0) is 30.0 Å². The molecular weight excluding hydrogens is 465 g/mol. The van der Waals surface area contributed by atoms with Gasteiger partial charge in [-0.2, -0.15) is 0 Å². The Hall–Kier alpha value is -2.89. The molecule has 3 atom stereocenters. The number of methoxy groups -OCH3 is 1. The molecule has 8 heteroatoms. The molecule has 0 heterocycles. The second kappa shape index (κ2) is 14.5. The monoisotopic (exact) mass is 501 g/mol. The maximum atomic E-state index is 13.6. The number of carbonyl (C=O) groups is 2. The van der Waals surface area contributed by atoms with E-state index in [4.69, 9.17) is 14.0 Å². The lowest BCUT2D eigenvalue weighted by Crippen LogP contribution is -2.34. The van der Waals surface area contributed by atoms with Gasteiger partial charge < -0.3 is 19.3 Å². The van der Waals surface area contributed by atoms with Crippen LogP contribution in [0.5, 0.6) is 0 Å². The van der Waals surface area contributed by atoms with Gasteiger partial charge in [-0.1, -0.05) is 80.1 Å². The van der Waals surface area contributed by atoms with E-state index in [0.717, 1.165) is 18.4 Å². The van der Waals surface area contributed by atoms with E-state index in [1.165, 1.54) is 19.8 Å². The van der Waals surface area contributed by atoms with Gasteiger partial charge in [-0.3, -0.25) is 4.57 Å². The van der Waals surface area contributed by atoms with Crippen molar-refractivity contribution in [1.29, 1.82) is 0 Å². The van der Waals surface area contributed by atoms with E-state index in [1.807, 2.05) is 48.5 Å². The summed E-state index contributed by atoms with van der Waals surface area (Å²) in [6.07, 6.45) is 3.43. The van der Waals surface area contributed by atoms with Crippen LogP contribution in [0.3, 0.4) is 0 Å². The molecule has 0 aliphatic carbocycles. The van der Waals surface area contributed by atoms with Crippen molar-refractivity contribution in [1.82, 2.24) is 5.32 Å². The smallest absolute Gasteiger partial charge is 0.408 e. The molecule has 0 aromatic heterocycles. The maximum absolute atomic E-state index is 13.6. The fourth-order valence-corrected chi connectivity index (χ4v) is 5.51. The standard InChI is InChI=1S/C27H36NO6P/c1-5-12-23(24-15-10-7-11-16-24)17-18-25(26(29)32-3)20-35(31,33-4)21(2)28-27(30)34-19-22-13-8-6-9-14-22/h6-11,13-16,18,21,23H,5,12,17,19-20H2,1-4H3,(H,28,30). The fraction of sp³-hybridized carbons (Fsp3) is 0.407. The molecule has 0 spiro atoms. The third-order valence-electron chi connectivity index (χ3n) is 5.83. The zero-order valence-corrected chi connectivity index (χ0v) is 21.8. The first-order valence-corrected chi connectivity index (χ1v) is 13.6. The van der Waals surface area contributed by atoms with Gasteiger partial charge >= 0.3 is 12.1 Å². The van der Waals surface area contributed by atoms with E-state index in [-0.39, 0.29) is 24.3 Å². The lowest BCUT2D eigenvalue weighted by molar-refractivity contribution is -0.136. The number of carbonyl (C=O) groups excluding carboxylic acids is 2. The SMILES string of the molecule is CCCC(CC=C(CP(=O)(OC)C(C)NC(=O)OCc1ccccc1)C(=O)OC)c1ccccc1. The summed E-state index contributed by atoms with van der Waals surface area (Å²) in [6.45, 7) is 3.78. The summed E-state index contributed by atoms with van der Waals surface area (Å²) in [7, 11) is -0.891. The molecule has 2 rings (SSSR count). The molecular formula is C27H36NO6P. The normalized spacial score (nSPS) is 14.9. The topological polar surface area (TPSA) is 90.9 Å². The highest BCUT2D eigenvalue weighted by atomic mass is 31.2. The summed E-state index contributed by atoms with van der Waals surface area (Å²) >= 11 is 0. The minimum atomic E-state index is -3.49. The molecule has 1 N–H and O–H groups in total. The van der Waals surface area contributed by atoms with Crippen molar-refractivity contribution in [2.75, 3.05) is 20.4 Å². The predicted octanol–water partition coefficient (Wildman–Crippen LogP) is 6.26. The Bertz CT molecular complexity index is 1010. The van der Waals surface area contributed by atoms with Crippen LogP contribution in [0.1, 0.15) is 50.2 Å². The average molecular weight is 502 g/mol. The molecule has 2 aromatic carbocycles. The zero-order chi connectivity index (χ0) is 25.7. The Morgan fingerprint density at radius 3 is 2.23 bits per heavy atom. The number of esters is 1. The van der Waals surface area contributed by atoms with Crippen LogP contribution in [0.4, 0.5) is 4.79 Å². The number of hydrogen-bond donors (Lipinski definition) is 1. The van der Waals surface area contributed by atoms with E-state index >= 15 is 0 Å². The van der Waals surface area contributed by atoms with Crippen molar-refractivity contribution in [3.05, 3.63) is 83.4 Å². The van der Waals surface area contributed by atoms with E-state index in [1.54, 1.807) is 13.0 Å². The van der Waals surface area contributed by atoms with Gasteiger partial charge in [0.1, 0.15) is 12.4 Å². The summed E-state index contributed by atoms with van der Waals surface area (Å²) in [5.41, 5.74) is 2.28. The molecule has 0 aliphatic heterocycles. The van der Waals surface area contributed by atoms with Crippen molar-refractivity contribution in [2.24, 2.45) is 0 Å². The van der Waals surface area contributed by atoms with Crippen LogP contribution >= 0.6 is 7.37 Å². The second-order valence-electron chi connectivity index (χ2n) is 8.30. The highest BCUT2D eigenvalue weighted by Gasteiger charge is 2.34. The van der Waals surface area contributed by atoms with Crippen LogP contribution in [0.15, 0.2) is 72.3 Å². The van der Waals surface area contributed by atoms with Crippen molar-refractivity contribution in [3.8, 4) is 0 Å². The van der Waals surface area contributed by atoms with E-state index in [0.29, 0.717) is 6.42 Å². The quantitative estimate of drug-likeness (QED) is 0.198. The van der Waals surface area contributed by atoms with Crippen molar-refractivity contribution >= 4 is 19.4 Å². The molecule has 35 heavy (non-hydrogen) atoms. The Balaban J connectivity index is 2.11. The average Bonchev–Trinajstić information content (AvgIpc) is 2.89. The van der Waals surface area contributed by atoms with E-state index in [2.05, 4.69) is 24.4 Å². The van der Waals surface area contributed by atoms with E-state index in [9.17, 15) is 14.2 Å². The third-order valence-corrected chi connectivity index (χ3v) is 8.54. The molecule has 7 nitrogen and oxygen atoms in total. The number of amides is 1. The number of hydrogen-bond acceptors (Lipinski definition) is 6. The highest BCUT2D eigenvalue weighted by molar-refractivity contribution is 7.60. The summed E-state index contributed by atoms with van der Waals surface area (Å²) in [5.74, 6) is -1.22. The molecule has 0 bridgehead atoms. The van der Waals surface area contributed by atoms with Gasteiger partial charge in [-0.15, -0.1) is 0 Å². The van der Waals surface area contributed by atoms with Gasteiger partial charge in [0.05, 0.1) is 13.3 Å². The van der Waals surface area contributed by atoms with Gasteiger partial charge in [0.15, 0.2) is 0 Å². The number of benzene rings is 2. The predicted molar refractivity (Wildman–Crippen MR) is 138 cm³/mol. The zero-order valence-electron chi connectivity index (χ0n) is 20.9. The largest absolute Gasteiger partial charge is 0.466 e. The van der Waals surface area contributed by atoms with E-state index < -0.39 is 25.2 Å². The fourth-order valence-electron chi connectivity index (χ4n) is 3.75. The Morgan fingerprint density at radius 1 is 1.03 bits per heavy atom. The second-order valence-corrected chi connectivity index (χ2v) is 11.2. The number of rotatable bonds is 13. The Kier molecular flexibility index (Phi) is 11.7. The Morgan fingerprint density at radius 2 is 1.66 bits per heavy atom. The highest BCUT2D eigenvalue weighted by Crippen LogP contribution is 2.51. The van der Waals surface area contributed by atoms with Gasteiger partial charge in [0, 0.05) is 12.7 Å². The third kappa shape index (κ3) is 9.00. The lowest BCUT2D eigenvalue weighted by atomic mass is 9.91. The molecule has 0 saturated heterocycles. The molecule has 0 radical (unpaired) electrons. The van der Waals surface area contributed by atoms with Gasteiger partial charge in [0.25, 0.3) is 0 Å². The summed E-state index contributed by atoms with van der Waals surface area (Å²) in [4.78, 5) is 24.8. The number of alkyl carbamates (subject to hydrolysis) is 1. The lowest BCUT2D eigenvalue weighted by Gasteiger charge is -2.24. The van der Waals surface area contributed by atoms with Crippen LogP contribution in [0, 0.1) is 0 Å². The number of ether oxygens (including phenoxy) is 2. The minimum Gasteiger partial charge on any atom is -0.466 e. The van der Waals surface area contributed by atoms with Gasteiger partial charge in [0.2, 0.25) is 7.37 Å². The van der Waals surface area contributed by atoms with Gasteiger partial charge in [-0.05, 0) is 36.8 Å². The van der Waals surface area contributed by atoms with Crippen LogP contribution < -0.4 is 5.32 Å². The summed E-state index contributed by atoms with van der Waals surface area (Å²) < 4.78 is 29.2. The van der Waals surface area contributed by atoms with Crippen molar-refractivity contribution < 1.29 is 28.2 Å². The molecule has 190 valence electrons. The van der Waals surface area contributed by atoms with Crippen LogP contribution in [0.2, 0.25) is 0 Å². The molecule has 2 aromatic rings. The summed E-state index contributed by atoms with van der Waals surface area (Å²) in [5, 5.41) is 2.59. The first-order valence-electron chi connectivity index (χ1n) is 11.8. The van der Waals surface area contributed by atoms with Gasteiger partial charge in [-0.25, -0.2) is 9.59 Å². The molecule has 1 amide bonds. The Labute approximate surface area is 208 Å². The van der Waals surface area contributed by atoms with Crippen molar-refractivity contribution in [3.63, 3.8) is 0 Å². The molecule has 0 aliphatic rings. The number of allylic oxidation sites excluding steroid dienone is 1.